The van der Waals surface area contributed by atoms with Crippen LogP contribution in [-0.4, -0.2) is 208 Å². The highest BCUT2D eigenvalue weighted by Crippen LogP contribution is 2.39. The van der Waals surface area contributed by atoms with Gasteiger partial charge in [-0.2, -0.15) is 0 Å². The van der Waals surface area contributed by atoms with Crippen molar-refractivity contribution >= 4 is 55.7 Å². The minimum absolute atomic E-state index is 0.00417. The van der Waals surface area contributed by atoms with Crippen LogP contribution in [0, 0.1) is 29.6 Å². The lowest BCUT2D eigenvalue weighted by atomic mass is 9.87. The molecule has 0 aliphatic carbocycles. The van der Waals surface area contributed by atoms with Gasteiger partial charge in [-0.3, -0.25) is 19.2 Å². The quantitative estimate of drug-likeness (QED) is 0.0161. The zero-order chi connectivity index (χ0) is 96.1. The molecule has 12 rings (SSSR count). The van der Waals surface area contributed by atoms with Gasteiger partial charge in [-0.1, -0.05) is 283 Å². The molecule has 0 unspecified atom stereocenters. The first-order chi connectivity index (χ1) is 62.4. The molecular formula is C105H146Br2O24. The molecule has 131 heavy (non-hydrogen) atoms. The number of aliphatic hydroxyl groups excluding tert-OH is 4. The first-order valence-corrected chi connectivity index (χ1v) is 47.8. The maximum Gasteiger partial charge on any atom is 0.303 e. The van der Waals surface area contributed by atoms with Gasteiger partial charge in [0.25, 0.3) is 0 Å². The fourth-order valence-electron chi connectivity index (χ4n) is 16.1. The Bertz CT molecular complexity index is 4130. The summed E-state index contributed by atoms with van der Waals surface area (Å²) in [6.45, 7) is 42.5. The molecule has 0 bridgehead atoms. The molecule has 30 atom stereocenters. The summed E-state index contributed by atoms with van der Waals surface area (Å²) < 4.78 is 94.3. The molecule has 26 heteroatoms. The second-order valence-electron chi connectivity index (χ2n) is 35.6. The third-order valence-corrected chi connectivity index (χ3v) is 25.4. The number of benzene rings is 6. The van der Waals surface area contributed by atoms with Crippen LogP contribution in [0.25, 0.3) is 0 Å². The van der Waals surface area contributed by atoms with Crippen LogP contribution in [0.5, 0.6) is 0 Å². The number of carbonyl (C=O) groups excluding carboxylic acids is 4. The van der Waals surface area contributed by atoms with Gasteiger partial charge < -0.3 is 96.2 Å². The molecule has 724 valence electrons. The zero-order valence-electron chi connectivity index (χ0n) is 80.2. The van der Waals surface area contributed by atoms with E-state index in [0.29, 0.717) is 39.6 Å². The van der Waals surface area contributed by atoms with Crippen LogP contribution >= 0.6 is 31.9 Å². The number of ether oxygens (including phenoxy) is 16. The maximum absolute atomic E-state index is 11.3. The lowest BCUT2D eigenvalue weighted by molar-refractivity contribution is -0.234. The van der Waals surface area contributed by atoms with E-state index in [1.54, 1.807) is 13.0 Å². The highest BCUT2D eigenvalue weighted by Gasteiger charge is 2.50. The summed E-state index contributed by atoms with van der Waals surface area (Å²) in [4.78, 5) is 44.8. The zero-order valence-corrected chi connectivity index (χ0v) is 83.4. The fraction of sp³-hybridized carbons (Fsp3) is 0.562. The Balaban J connectivity index is 0.000000218. The molecule has 6 aliphatic heterocycles. The van der Waals surface area contributed by atoms with E-state index in [2.05, 4.69) is 147 Å². The number of hydrogen-bond acceptors (Lipinski definition) is 24. The summed E-state index contributed by atoms with van der Waals surface area (Å²) in [5.41, 5.74) is 10.2. The monoisotopic (exact) mass is 1950 g/mol. The average molecular weight is 1950 g/mol. The highest BCUT2D eigenvalue weighted by atomic mass is 79.9. The number of esters is 4. The number of aliphatic hydroxyl groups is 4. The molecular weight excluding hydrogens is 1800 g/mol. The summed E-state index contributed by atoms with van der Waals surface area (Å²) in [6, 6.07) is 61.3. The van der Waals surface area contributed by atoms with Crippen LogP contribution in [0.2, 0.25) is 0 Å². The highest BCUT2D eigenvalue weighted by molar-refractivity contribution is 9.09. The molecule has 0 spiro atoms. The molecule has 6 aliphatic rings. The normalized spacial score (nSPS) is 31.8. The molecule has 0 aromatic heterocycles. The first-order valence-electron chi connectivity index (χ1n) is 45.7. The van der Waals surface area contributed by atoms with E-state index in [9.17, 15) is 39.6 Å². The van der Waals surface area contributed by atoms with Crippen molar-refractivity contribution in [1.82, 2.24) is 0 Å². The number of carbonyl (C=O) groups is 4. The van der Waals surface area contributed by atoms with Crippen LogP contribution in [0.3, 0.4) is 0 Å². The molecule has 6 aromatic carbocycles. The Morgan fingerprint density at radius 1 is 0.290 bits per heavy atom. The van der Waals surface area contributed by atoms with E-state index in [0.717, 1.165) is 38.7 Å². The van der Waals surface area contributed by atoms with Crippen molar-refractivity contribution in [3.63, 3.8) is 0 Å². The summed E-state index contributed by atoms with van der Waals surface area (Å²) >= 11 is 6.88. The molecule has 6 heterocycles. The van der Waals surface area contributed by atoms with E-state index >= 15 is 0 Å². The van der Waals surface area contributed by atoms with Crippen molar-refractivity contribution in [3.8, 4) is 0 Å². The Kier molecular flexibility index (Phi) is 48.1. The van der Waals surface area contributed by atoms with E-state index in [1.165, 1.54) is 44.4 Å². The van der Waals surface area contributed by atoms with Crippen molar-refractivity contribution in [1.29, 1.82) is 0 Å². The maximum atomic E-state index is 11.3. The third kappa shape index (κ3) is 36.1. The van der Waals surface area contributed by atoms with Gasteiger partial charge in [-0.25, -0.2) is 0 Å². The third-order valence-electron chi connectivity index (χ3n) is 24.1. The Morgan fingerprint density at radius 3 is 0.855 bits per heavy atom. The second kappa shape index (κ2) is 56.9. The lowest BCUT2D eigenvalue weighted by Gasteiger charge is -2.44. The molecule has 24 nitrogen and oxygen atoms in total. The molecule has 0 amide bonds. The van der Waals surface area contributed by atoms with Crippen molar-refractivity contribution in [2.75, 3.05) is 11.9 Å². The minimum Gasteiger partial charge on any atom is -0.458 e. The summed E-state index contributed by atoms with van der Waals surface area (Å²) in [5, 5.41) is 38.6. The number of alkyl halides is 2. The summed E-state index contributed by atoms with van der Waals surface area (Å²) in [6.07, 6.45) is -2.24. The fourth-order valence-corrected chi connectivity index (χ4v) is 17.4. The Labute approximate surface area is 794 Å². The standard InChI is InChI=1S/C25H32O3.C22H27BrO3.C22H28O4.C15H24O5.C11H17BrO5.C10H18O4/c1-18(2)15-23-25(27-17-22-13-9-6-10-14-22)24(19(3)20(4)28-23)26-16-21-11-7-5-8-12-21;2*1-16-17(2)26-20(13-23)22(25-15-19-11-7-4-8-12-19)21(16)24-14-18-9-5-3-6-10-18;1-8(2)7-13-15(20-12(6)17)14(19-11(5)16)9(3)10(4)18-13;1-5-6(2)15-11(12)10(17-8(4)14)9(5)16-7(3)13;1-5(2)4-7-9(12)10(13)8(11)6(3)14-7/h5-15,19-20,23-25H,16-17H2,1-4H3;3-12,16-17,20-22H,13-15H2,1-2H3;3-12,16-17,20-23H,13-15H2,1-2H3;7,9-10,13-15H,1-6H3;5-6,9-11H,1-4H3;4,6-13H,1-3H3/t19-,20-,23-,24+,25-;2*16-,17-,20-,21+,22-;9-,10-,13-,14+,15-;5-,6-,9+,10+,11+;6-,7-,8-,9-,10+/m000000/s1. The number of rotatable bonds is 27. The van der Waals surface area contributed by atoms with E-state index in [-0.39, 0.29) is 128 Å². The number of hydrogen-bond donors (Lipinski definition) is 4. The van der Waals surface area contributed by atoms with Crippen LogP contribution in [0.1, 0.15) is 179 Å². The van der Waals surface area contributed by atoms with Gasteiger partial charge in [0.05, 0.1) is 107 Å². The van der Waals surface area contributed by atoms with Crippen molar-refractivity contribution in [2.24, 2.45) is 29.6 Å². The molecule has 6 fully saturated rings. The topological polar surface area (TPSA) is 297 Å². The van der Waals surface area contributed by atoms with Gasteiger partial charge in [-0.15, -0.1) is 0 Å². The van der Waals surface area contributed by atoms with Gasteiger partial charge in [0.1, 0.15) is 73.2 Å². The first kappa shape index (κ1) is 111. The summed E-state index contributed by atoms with van der Waals surface area (Å²) in [5.74, 6) is -1.05. The van der Waals surface area contributed by atoms with Crippen molar-refractivity contribution < 1.29 is 115 Å². The number of halogens is 2. The molecule has 0 saturated carbocycles. The Morgan fingerprint density at radius 2 is 0.534 bits per heavy atom. The van der Waals surface area contributed by atoms with Gasteiger partial charge >= 0.3 is 23.9 Å². The predicted octanol–water partition coefficient (Wildman–Crippen LogP) is 17.8. The van der Waals surface area contributed by atoms with E-state index in [4.69, 9.17) is 75.8 Å². The van der Waals surface area contributed by atoms with Crippen molar-refractivity contribution in [2.45, 2.75) is 337 Å². The molecule has 6 saturated heterocycles. The second-order valence-corrected chi connectivity index (χ2v) is 37.1. The lowest BCUT2D eigenvalue weighted by Crippen LogP contribution is -2.56. The van der Waals surface area contributed by atoms with E-state index in [1.807, 2.05) is 190 Å². The average Bonchev–Trinajstić information content (AvgIpc) is 0.827. The van der Waals surface area contributed by atoms with Gasteiger partial charge in [-0.05, 0) is 116 Å². The smallest absolute Gasteiger partial charge is 0.303 e. The summed E-state index contributed by atoms with van der Waals surface area (Å²) in [7, 11) is 0. The van der Waals surface area contributed by atoms with Gasteiger partial charge in [0.15, 0.2) is 17.2 Å². The van der Waals surface area contributed by atoms with Gasteiger partial charge in [0, 0.05) is 62.6 Å². The van der Waals surface area contributed by atoms with Crippen LogP contribution in [0.15, 0.2) is 217 Å². The predicted molar refractivity (Wildman–Crippen MR) is 510 cm³/mol. The SMILES string of the molecule is CC(=O)O[C@@H]1[C@@H](C)[C@H](C)O[C@@H](Br)[C@@H]1OC(C)=O.CC(=O)O[C@@H]1[C@@H](C)[C@H](C)O[C@@H](C=C(C)C)[C@@H]1OC(C)=O.CC(C)=C[C@@H]1O[C@@H](C)[C@H](C)[C@@H](OCc2ccccc2)[C@H]1OCc1ccccc1.CC(C)=C[C@@H]1O[C@@H](C)[C@H](O)[C@@H](O)[C@H]1O.C[C@@H]1[C@@H](OCc2ccccc2)[C@@H](OCc2ccccc2)[C@H](CBr)O[C@H]1C.C[C@@H]1[C@@H](OCc2ccccc2)[C@@H](OCc2ccccc2)[C@H](CO)O[C@H]1C. The molecule has 0 radical (unpaired) electrons. The molecule has 4 N–H and O–H groups in total. The largest absolute Gasteiger partial charge is 0.458 e. The van der Waals surface area contributed by atoms with Crippen LogP contribution in [0.4, 0.5) is 0 Å². The van der Waals surface area contributed by atoms with Gasteiger partial charge in [0.2, 0.25) is 0 Å². The Hall–Kier alpha value is -7.26. The molecule has 6 aromatic rings. The van der Waals surface area contributed by atoms with Crippen LogP contribution in [-0.2, 0) is 135 Å². The minimum atomic E-state index is -1.14. The number of allylic oxidation sites excluding steroid dienone is 3. The van der Waals surface area contributed by atoms with E-state index < -0.39 is 84.0 Å². The van der Waals surface area contributed by atoms with Crippen molar-refractivity contribution in [3.05, 3.63) is 250 Å². The van der Waals surface area contributed by atoms with Crippen LogP contribution < -0.4 is 0 Å².